The zero-order valence-electron chi connectivity index (χ0n) is 11.9. The second-order valence-electron chi connectivity index (χ2n) is 5.77. The number of nitrogens with zero attached hydrogens (tertiary/aromatic N) is 1. The first-order valence-corrected chi connectivity index (χ1v) is 7.15. The molecule has 102 valence electrons. The fourth-order valence-electron chi connectivity index (χ4n) is 2.31. The van der Waals surface area contributed by atoms with Crippen LogP contribution >= 0.6 is 0 Å². The standard InChI is InChI=1S/C14H30N2O/c1-13(2)6-9-17-10-7-15-11-14-5-4-8-16(3)12-14/h13-15H,4-12H2,1-3H3. The first-order chi connectivity index (χ1) is 8.18. The summed E-state index contributed by atoms with van der Waals surface area (Å²) in [5.74, 6) is 1.59. The largest absolute Gasteiger partial charge is 0.380 e. The molecule has 1 saturated heterocycles. The Morgan fingerprint density at radius 1 is 1.35 bits per heavy atom. The van der Waals surface area contributed by atoms with Crippen LogP contribution in [-0.4, -0.2) is 51.3 Å². The third-order valence-corrected chi connectivity index (χ3v) is 3.42. The van der Waals surface area contributed by atoms with Crippen molar-refractivity contribution >= 4 is 0 Å². The Labute approximate surface area is 107 Å². The van der Waals surface area contributed by atoms with Crippen molar-refractivity contribution in [2.24, 2.45) is 11.8 Å². The molecule has 1 rings (SSSR count). The highest BCUT2D eigenvalue weighted by Gasteiger charge is 2.16. The van der Waals surface area contributed by atoms with Crippen molar-refractivity contribution in [2.75, 3.05) is 46.4 Å². The van der Waals surface area contributed by atoms with Gasteiger partial charge in [-0.15, -0.1) is 0 Å². The van der Waals surface area contributed by atoms with Gasteiger partial charge in [-0.3, -0.25) is 0 Å². The lowest BCUT2D eigenvalue weighted by Gasteiger charge is -2.29. The third-order valence-electron chi connectivity index (χ3n) is 3.42. The van der Waals surface area contributed by atoms with E-state index in [1.807, 2.05) is 0 Å². The molecule has 0 aromatic rings. The van der Waals surface area contributed by atoms with Crippen LogP contribution in [0.2, 0.25) is 0 Å². The summed E-state index contributed by atoms with van der Waals surface area (Å²) in [6, 6.07) is 0. The van der Waals surface area contributed by atoms with Gasteiger partial charge < -0.3 is 15.0 Å². The van der Waals surface area contributed by atoms with Crippen molar-refractivity contribution in [3.05, 3.63) is 0 Å². The van der Waals surface area contributed by atoms with E-state index in [0.717, 1.165) is 38.1 Å². The van der Waals surface area contributed by atoms with Crippen LogP contribution in [0.25, 0.3) is 0 Å². The first-order valence-electron chi connectivity index (χ1n) is 7.15. The lowest BCUT2D eigenvalue weighted by molar-refractivity contribution is 0.123. The van der Waals surface area contributed by atoms with E-state index in [4.69, 9.17) is 4.74 Å². The SMILES string of the molecule is CC(C)CCOCCNCC1CCCN(C)C1. The zero-order chi connectivity index (χ0) is 12.5. The molecule has 3 heteroatoms. The molecule has 3 nitrogen and oxygen atoms in total. The molecule has 0 spiro atoms. The van der Waals surface area contributed by atoms with Crippen LogP contribution in [0.3, 0.4) is 0 Å². The second kappa shape index (κ2) is 8.90. The minimum atomic E-state index is 0.751. The number of likely N-dealkylation sites (tertiary alicyclic amines) is 1. The highest BCUT2D eigenvalue weighted by molar-refractivity contribution is 4.72. The van der Waals surface area contributed by atoms with Gasteiger partial charge in [-0.2, -0.15) is 0 Å². The molecular weight excluding hydrogens is 212 g/mol. The minimum absolute atomic E-state index is 0.751. The minimum Gasteiger partial charge on any atom is -0.380 e. The summed E-state index contributed by atoms with van der Waals surface area (Å²) in [6.07, 6.45) is 3.91. The molecule has 1 unspecified atom stereocenters. The van der Waals surface area contributed by atoms with Gasteiger partial charge in [-0.05, 0) is 51.2 Å². The zero-order valence-corrected chi connectivity index (χ0v) is 11.9. The van der Waals surface area contributed by atoms with Gasteiger partial charge in [0.15, 0.2) is 0 Å². The Kier molecular flexibility index (Phi) is 7.82. The highest BCUT2D eigenvalue weighted by atomic mass is 16.5. The van der Waals surface area contributed by atoms with Crippen molar-refractivity contribution in [1.82, 2.24) is 10.2 Å². The summed E-state index contributed by atoms with van der Waals surface area (Å²) in [4.78, 5) is 2.44. The van der Waals surface area contributed by atoms with Crippen LogP contribution < -0.4 is 5.32 Å². The monoisotopic (exact) mass is 242 g/mol. The average Bonchev–Trinajstić information content (AvgIpc) is 2.27. The Balaban J connectivity index is 1.86. The average molecular weight is 242 g/mol. The number of nitrogens with one attached hydrogen (secondary N) is 1. The van der Waals surface area contributed by atoms with Crippen LogP contribution in [0, 0.1) is 11.8 Å². The molecule has 0 aliphatic carbocycles. The number of hydrogen-bond acceptors (Lipinski definition) is 3. The normalized spacial score (nSPS) is 22.2. The predicted octanol–water partition coefficient (Wildman–Crippen LogP) is 1.98. The van der Waals surface area contributed by atoms with Gasteiger partial charge in [0.1, 0.15) is 0 Å². The quantitative estimate of drug-likeness (QED) is 0.659. The summed E-state index contributed by atoms with van der Waals surface area (Å²) in [7, 11) is 2.22. The van der Waals surface area contributed by atoms with Gasteiger partial charge in [0.2, 0.25) is 0 Å². The third kappa shape index (κ3) is 7.74. The van der Waals surface area contributed by atoms with E-state index in [-0.39, 0.29) is 0 Å². The van der Waals surface area contributed by atoms with E-state index >= 15 is 0 Å². The van der Waals surface area contributed by atoms with Crippen LogP contribution in [-0.2, 0) is 4.74 Å². The van der Waals surface area contributed by atoms with Gasteiger partial charge >= 0.3 is 0 Å². The molecule has 0 saturated carbocycles. The molecular formula is C14H30N2O. The Bertz CT molecular complexity index is 185. The first kappa shape index (κ1) is 14.9. The molecule has 1 fully saturated rings. The van der Waals surface area contributed by atoms with Gasteiger partial charge in [-0.25, -0.2) is 0 Å². The smallest absolute Gasteiger partial charge is 0.0590 e. The topological polar surface area (TPSA) is 24.5 Å². The summed E-state index contributed by atoms with van der Waals surface area (Å²) in [5, 5.41) is 3.51. The second-order valence-corrected chi connectivity index (χ2v) is 5.77. The van der Waals surface area contributed by atoms with Crippen LogP contribution in [0.15, 0.2) is 0 Å². The van der Waals surface area contributed by atoms with Crippen molar-refractivity contribution in [3.63, 3.8) is 0 Å². The van der Waals surface area contributed by atoms with Crippen molar-refractivity contribution < 1.29 is 4.74 Å². The highest BCUT2D eigenvalue weighted by Crippen LogP contribution is 2.13. The molecule has 0 radical (unpaired) electrons. The molecule has 1 aliphatic rings. The lowest BCUT2D eigenvalue weighted by Crippen LogP contribution is -2.38. The maximum absolute atomic E-state index is 5.58. The van der Waals surface area contributed by atoms with Crippen molar-refractivity contribution in [2.45, 2.75) is 33.1 Å². The predicted molar refractivity (Wildman–Crippen MR) is 73.4 cm³/mol. The van der Waals surface area contributed by atoms with Crippen LogP contribution in [0.4, 0.5) is 0 Å². The Morgan fingerprint density at radius 2 is 2.18 bits per heavy atom. The summed E-state index contributed by atoms with van der Waals surface area (Å²) < 4.78 is 5.58. The van der Waals surface area contributed by atoms with E-state index in [1.54, 1.807) is 0 Å². The van der Waals surface area contributed by atoms with E-state index < -0.39 is 0 Å². The number of hydrogen-bond donors (Lipinski definition) is 1. The van der Waals surface area contributed by atoms with Crippen molar-refractivity contribution in [3.8, 4) is 0 Å². The summed E-state index contributed by atoms with van der Waals surface area (Å²) in [6.45, 7) is 10.9. The Hall–Kier alpha value is -0.120. The van der Waals surface area contributed by atoms with Gasteiger partial charge in [0.25, 0.3) is 0 Å². The molecule has 0 aromatic heterocycles. The molecule has 0 aromatic carbocycles. The summed E-state index contributed by atoms with van der Waals surface area (Å²) >= 11 is 0. The maximum Gasteiger partial charge on any atom is 0.0590 e. The lowest BCUT2D eigenvalue weighted by atomic mass is 9.98. The number of ether oxygens (including phenoxy) is 1. The van der Waals surface area contributed by atoms with E-state index in [9.17, 15) is 0 Å². The molecule has 1 atom stereocenters. The Morgan fingerprint density at radius 3 is 2.88 bits per heavy atom. The fraction of sp³-hybridized carbons (Fsp3) is 1.00. The molecule has 1 N–H and O–H groups in total. The molecule has 0 amide bonds. The van der Waals surface area contributed by atoms with Crippen molar-refractivity contribution in [1.29, 1.82) is 0 Å². The van der Waals surface area contributed by atoms with E-state index in [1.165, 1.54) is 32.4 Å². The van der Waals surface area contributed by atoms with Gasteiger partial charge in [-0.1, -0.05) is 13.8 Å². The molecule has 1 aliphatic heterocycles. The van der Waals surface area contributed by atoms with Gasteiger partial charge in [0, 0.05) is 19.7 Å². The summed E-state index contributed by atoms with van der Waals surface area (Å²) in [5.41, 5.74) is 0. The van der Waals surface area contributed by atoms with E-state index in [2.05, 4.69) is 31.1 Å². The maximum atomic E-state index is 5.58. The molecule has 1 heterocycles. The number of piperidine rings is 1. The fourth-order valence-corrected chi connectivity index (χ4v) is 2.31. The molecule has 0 bridgehead atoms. The van der Waals surface area contributed by atoms with Crippen LogP contribution in [0.5, 0.6) is 0 Å². The van der Waals surface area contributed by atoms with E-state index in [0.29, 0.717) is 0 Å². The van der Waals surface area contributed by atoms with Gasteiger partial charge in [0.05, 0.1) is 6.61 Å². The van der Waals surface area contributed by atoms with Crippen LogP contribution in [0.1, 0.15) is 33.1 Å². The number of rotatable bonds is 8. The molecule has 17 heavy (non-hydrogen) atoms.